The fourth-order valence-corrected chi connectivity index (χ4v) is 5.51. The third-order valence-electron chi connectivity index (χ3n) is 4.75. The molecule has 2 aliphatic heterocycles. The molecule has 1 aromatic carbocycles. The van der Waals surface area contributed by atoms with Gasteiger partial charge in [-0.05, 0) is 44.1 Å². The minimum absolute atomic E-state index is 0.0160. The molecule has 2 heterocycles. The van der Waals surface area contributed by atoms with Crippen LogP contribution in [0.4, 0.5) is 0 Å². The first-order valence-electron chi connectivity index (χ1n) is 8.24. The van der Waals surface area contributed by atoms with Crippen LogP contribution in [-0.4, -0.2) is 55.9 Å². The van der Waals surface area contributed by atoms with Crippen molar-refractivity contribution in [3.63, 3.8) is 0 Å². The van der Waals surface area contributed by atoms with Crippen molar-refractivity contribution < 1.29 is 13.2 Å². The normalized spacial score (nSPS) is 26.6. The van der Waals surface area contributed by atoms with Crippen molar-refractivity contribution in [1.29, 1.82) is 5.26 Å². The number of rotatable bonds is 3. The first-order chi connectivity index (χ1) is 11.5. The van der Waals surface area contributed by atoms with Crippen molar-refractivity contribution in [3.05, 3.63) is 35.4 Å². The highest BCUT2D eigenvalue weighted by Gasteiger charge is 2.41. The van der Waals surface area contributed by atoms with Crippen molar-refractivity contribution in [2.24, 2.45) is 0 Å². The minimum Gasteiger partial charge on any atom is -0.347 e. The van der Waals surface area contributed by atoms with E-state index in [2.05, 4.69) is 10.2 Å². The molecule has 0 aromatic heterocycles. The highest BCUT2D eigenvalue weighted by atomic mass is 32.2. The monoisotopic (exact) mass is 347 g/mol. The van der Waals surface area contributed by atoms with E-state index >= 15 is 0 Å². The number of hydrogen-bond acceptors (Lipinski definition) is 5. The van der Waals surface area contributed by atoms with E-state index in [1.54, 1.807) is 18.2 Å². The Morgan fingerprint density at radius 1 is 1.21 bits per heavy atom. The average molecular weight is 347 g/mol. The molecule has 2 aliphatic rings. The van der Waals surface area contributed by atoms with Gasteiger partial charge < -0.3 is 5.32 Å². The van der Waals surface area contributed by atoms with Crippen LogP contribution in [0.15, 0.2) is 24.3 Å². The molecule has 3 rings (SSSR count). The quantitative estimate of drug-likeness (QED) is 0.879. The fourth-order valence-electron chi connectivity index (χ4n) is 3.56. The summed E-state index contributed by atoms with van der Waals surface area (Å²) in [5, 5.41) is 11.8. The lowest BCUT2D eigenvalue weighted by atomic mass is 10.0. The number of likely N-dealkylation sites (tertiary alicyclic amines) is 1. The molecule has 1 amide bonds. The van der Waals surface area contributed by atoms with Crippen molar-refractivity contribution >= 4 is 15.7 Å². The van der Waals surface area contributed by atoms with Gasteiger partial charge in [0.15, 0.2) is 9.84 Å². The molecule has 1 N–H and O–H groups in total. The van der Waals surface area contributed by atoms with E-state index < -0.39 is 15.9 Å². The van der Waals surface area contributed by atoms with Gasteiger partial charge in [0, 0.05) is 11.6 Å². The summed E-state index contributed by atoms with van der Waals surface area (Å²) in [5.74, 6) is -0.232. The van der Waals surface area contributed by atoms with E-state index in [4.69, 9.17) is 5.26 Å². The number of nitrogens with one attached hydrogen (secondary N) is 1. The lowest BCUT2D eigenvalue weighted by molar-refractivity contribution is 0.0900. The molecule has 2 atom stereocenters. The number of hydrogen-bond donors (Lipinski definition) is 1. The van der Waals surface area contributed by atoms with E-state index in [0.29, 0.717) is 11.1 Å². The van der Waals surface area contributed by atoms with Crippen molar-refractivity contribution in [2.75, 3.05) is 24.6 Å². The Labute approximate surface area is 142 Å². The van der Waals surface area contributed by atoms with E-state index in [1.807, 2.05) is 6.07 Å². The summed E-state index contributed by atoms with van der Waals surface area (Å²) >= 11 is 0. The molecule has 2 fully saturated rings. The van der Waals surface area contributed by atoms with Crippen LogP contribution in [0, 0.1) is 11.3 Å². The van der Waals surface area contributed by atoms with Crippen LogP contribution in [0.2, 0.25) is 0 Å². The van der Waals surface area contributed by atoms with Gasteiger partial charge in [-0.1, -0.05) is 12.5 Å². The summed E-state index contributed by atoms with van der Waals surface area (Å²) in [5.41, 5.74) is 0.796. The van der Waals surface area contributed by atoms with E-state index in [0.717, 1.165) is 25.9 Å². The molecular weight excluding hydrogens is 326 g/mol. The Morgan fingerprint density at radius 3 is 2.67 bits per heavy atom. The van der Waals surface area contributed by atoms with Gasteiger partial charge in [-0.2, -0.15) is 5.26 Å². The summed E-state index contributed by atoms with van der Waals surface area (Å²) in [4.78, 5) is 14.7. The second-order valence-corrected chi connectivity index (χ2v) is 8.67. The van der Waals surface area contributed by atoms with E-state index in [-0.39, 0.29) is 23.5 Å². The molecule has 0 aliphatic carbocycles. The van der Waals surface area contributed by atoms with Gasteiger partial charge in [0.05, 0.1) is 29.2 Å². The molecule has 7 heteroatoms. The van der Waals surface area contributed by atoms with Crippen LogP contribution >= 0.6 is 0 Å². The Balaban J connectivity index is 1.75. The Kier molecular flexibility index (Phi) is 4.88. The first kappa shape index (κ1) is 16.9. The number of carbonyl (C=O) groups is 1. The molecule has 128 valence electrons. The highest BCUT2D eigenvalue weighted by molar-refractivity contribution is 7.91. The third kappa shape index (κ3) is 3.77. The van der Waals surface area contributed by atoms with Crippen LogP contribution in [0.25, 0.3) is 0 Å². The van der Waals surface area contributed by atoms with E-state index in [9.17, 15) is 13.2 Å². The summed E-state index contributed by atoms with van der Waals surface area (Å²) in [6.45, 7) is 1.77. The third-order valence-corrected chi connectivity index (χ3v) is 6.47. The second-order valence-electron chi connectivity index (χ2n) is 6.51. The van der Waals surface area contributed by atoms with Crippen LogP contribution < -0.4 is 5.32 Å². The van der Waals surface area contributed by atoms with Gasteiger partial charge in [-0.3, -0.25) is 9.69 Å². The zero-order chi connectivity index (χ0) is 17.2. The lowest BCUT2D eigenvalue weighted by Crippen LogP contribution is -2.52. The zero-order valence-electron chi connectivity index (χ0n) is 13.4. The number of amides is 1. The maximum absolute atomic E-state index is 12.5. The number of nitrogens with zero attached hydrogens (tertiary/aromatic N) is 2. The topological polar surface area (TPSA) is 90.3 Å². The molecule has 0 spiro atoms. The SMILES string of the molecule is N#Cc1cccc(C(=O)N[C@@H]2CS(=O)(=O)C[C@H]2N2CCCCC2)c1. The van der Waals surface area contributed by atoms with Gasteiger partial charge in [0.25, 0.3) is 5.91 Å². The fraction of sp³-hybridized carbons (Fsp3) is 0.529. The maximum atomic E-state index is 12.5. The first-order valence-corrected chi connectivity index (χ1v) is 10.1. The minimum atomic E-state index is -3.14. The molecule has 2 saturated heterocycles. The van der Waals surface area contributed by atoms with Crippen LogP contribution in [-0.2, 0) is 9.84 Å². The van der Waals surface area contributed by atoms with Gasteiger partial charge >= 0.3 is 0 Å². The van der Waals surface area contributed by atoms with Crippen molar-refractivity contribution in [3.8, 4) is 6.07 Å². The van der Waals surface area contributed by atoms with Gasteiger partial charge in [-0.25, -0.2) is 8.42 Å². The molecule has 6 nitrogen and oxygen atoms in total. The van der Waals surface area contributed by atoms with E-state index in [1.165, 1.54) is 12.5 Å². The number of piperidine rings is 1. The number of sulfone groups is 1. The summed E-state index contributed by atoms with van der Waals surface area (Å²) in [6, 6.07) is 7.90. The maximum Gasteiger partial charge on any atom is 0.251 e. The number of nitriles is 1. The Hall–Kier alpha value is -1.91. The largest absolute Gasteiger partial charge is 0.347 e. The standard InChI is InChI=1S/C17H21N3O3S/c18-10-13-5-4-6-14(9-13)17(21)19-15-11-24(22,23)12-16(15)20-7-2-1-3-8-20/h4-6,9,15-16H,1-3,7-8,11-12H2,(H,19,21)/t15-,16-/m1/s1. The number of benzene rings is 1. The highest BCUT2D eigenvalue weighted by Crippen LogP contribution is 2.22. The summed E-state index contributed by atoms with van der Waals surface area (Å²) in [6.07, 6.45) is 3.32. The molecule has 1 aromatic rings. The van der Waals surface area contributed by atoms with Crippen molar-refractivity contribution in [1.82, 2.24) is 10.2 Å². The smallest absolute Gasteiger partial charge is 0.251 e. The molecular formula is C17H21N3O3S. The Morgan fingerprint density at radius 2 is 1.96 bits per heavy atom. The predicted octanol–water partition coefficient (Wildman–Crippen LogP) is 0.940. The van der Waals surface area contributed by atoms with Crippen LogP contribution in [0.5, 0.6) is 0 Å². The van der Waals surface area contributed by atoms with Crippen molar-refractivity contribution in [2.45, 2.75) is 31.3 Å². The molecule has 0 unspecified atom stereocenters. The van der Waals surface area contributed by atoms with Crippen LogP contribution in [0.1, 0.15) is 35.2 Å². The molecule has 24 heavy (non-hydrogen) atoms. The Bertz CT molecular complexity index is 764. The average Bonchev–Trinajstić information content (AvgIpc) is 2.90. The lowest BCUT2D eigenvalue weighted by Gasteiger charge is -2.35. The number of carbonyl (C=O) groups excluding carboxylic acids is 1. The second kappa shape index (κ2) is 6.91. The van der Waals surface area contributed by atoms with Gasteiger partial charge in [-0.15, -0.1) is 0 Å². The zero-order valence-corrected chi connectivity index (χ0v) is 14.3. The molecule has 0 radical (unpaired) electrons. The predicted molar refractivity (Wildman–Crippen MR) is 90.3 cm³/mol. The van der Waals surface area contributed by atoms with Crippen LogP contribution in [0.3, 0.4) is 0 Å². The van der Waals surface area contributed by atoms with Gasteiger partial charge in [0.1, 0.15) is 0 Å². The summed E-state index contributed by atoms with van der Waals surface area (Å²) in [7, 11) is -3.14. The molecule has 0 bridgehead atoms. The molecule has 0 saturated carbocycles. The van der Waals surface area contributed by atoms with Gasteiger partial charge in [0.2, 0.25) is 0 Å². The summed E-state index contributed by atoms with van der Waals surface area (Å²) < 4.78 is 24.2.